The van der Waals surface area contributed by atoms with Gasteiger partial charge in [-0.05, 0) is 13.0 Å². The van der Waals surface area contributed by atoms with Crippen molar-refractivity contribution in [2.24, 2.45) is 5.84 Å². The highest BCUT2D eigenvalue weighted by molar-refractivity contribution is 5.93. The third-order valence-corrected chi connectivity index (χ3v) is 1.37. The van der Waals surface area contributed by atoms with Crippen molar-refractivity contribution in [3.63, 3.8) is 0 Å². The van der Waals surface area contributed by atoms with Gasteiger partial charge in [0.1, 0.15) is 0 Å². The van der Waals surface area contributed by atoms with Crippen molar-refractivity contribution in [2.75, 3.05) is 0 Å². The summed E-state index contributed by atoms with van der Waals surface area (Å²) in [5.74, 6) is 4.42. The number of carbonyl (C=O) groups is 1. The molecule has 0 unspecified atom stereocenters. The Bertz CT molecular complexity index is 356. The zero-order chi connectivity index (χ0) is 9.14. The number of aromatic nitrogens is 1. The van der Waals surface area contributed by atoms with Gasteiger partial charge in [0, 0.05) is 17.3 Å². The van der Waals surface area contributed by atoms with Crippen LogP contribution < -0.4 is 16.8 Å². The molecule has 5 heteroatoms. The molecule has 5 nitrogen and oxygen atoms in total. The Labute approximate surface area is 68.6 Å². The molecular weight excluding hydrogens is 158 g/mol. The Morgan fingerprint density at radius 1 is 1.58 bits per heavy atom. The van der Waals surface area contributed by atoms with E-state index >= 15 is 0 Å². The topological polar surface area (TPSA) is 88.0 Å². The van der Waals surface area contributed by atoms with Crippen LogP contribution in [-0.2, 0) is 0 Å². The van der Waals surface area contributed by atoms with Crippen molar-refractivity contribution in [3.05, 3.63) is 33.7 Å². The molecule has 0 bridgehead atoms. The van der Waals surface area contributed by atoms with Gasteiger partial charge in [0.25, 0.3) is 5.91 Å². The molecule has 1 rings (SSSR count). The van der Waals surface area contributed by atoms with Crippen LogP contribution in [-0.4, -0.2) is 10.9 Å². The summed E-state index contributed by atoms with van der Waals surface area (Å²) in [6.07, 6.45) is 0. The van der Waals surface area contributed by atoms with Crippen LogP contribution in [0.5, 0.6) is 0 Å². The van der Waals surface area contributed by atoms with Crippen LogP contribution in [0, 0.1) is 6.92 Å². The van der Waals surface area contributed by atoms with Gasteiger partial charge in [0.05, 0.1) is 0 Å². The van der Waals surface area contributed by atoms with Gasteiger partial charge in [0.2, 0.25) is 5.56 Å². The van der Waals surface area contributed by atoms with Gasteiger partial charge in [-0.1, -0.05) is 0 Å². The lowest BCUT2D eigenvalue weighted by Crippen LogP contribution is -2.31. The fourth-order valence-corrected chi connectivity index (χ4v) is 0.897. The van der Waals surface area contributed by atoms with Crippen molar-refractivity contribution >= 4 is 5.91 Å². The first-order valence-corrected chi connectivity index (χ1v) is 3.35. The van der Waals surface area contributed by atoms with Crippen LogP contribution >= 0.6 is 0 Å². The quantitative estimate of drug-likeness (QED) is 0.293. The fraction of sp³-hybridized carbons (Fsp3) is 0.143. The maximum Gasteiger partial charge on any atom is 0.265 e. The summed E-state index contributed by atoms with van der Waals surface area (Å²) >= 11 is 0. The molecule has 0 radical (unpaired) electrons. The van der Waals surface area contributed by atoms with Gasteiger partial charge < -0.3 is 4.98 Å². The number of hydrogen-bond donors (Lipinski definition) is 3. The smallest absolute Gasteiger partial charge is 0.265 e. The van der Waals surface area contributed by atoms with Crippen molar-refractivity contribution in [1.29, 1.82) is 0 Å². The number of nitrogens with two attached hydrogens (primary N) is 1. The van der Waals surface area contributed by atoms with Gasteiger partial charge in [-0.3, -0.25) is 15.0 Å². The highest BCUT2D eigenvalue weighted by Gasteiger charge is 2.03. The van der Waals surface area contributed by atoms with Gasteiger partial charge in [0.15, 0.2) is 0 Å². The standard InChI is InChI=1S/C7H9N3O2/c1-4-2-5(7(12)10-8)3-6(11)9-4/h2-3H,8H2,1H3,(H,9,11)(H,10,12). The van der Waals surface area contributed by atoms with Crippen LogP contribution in [0.3, 0.4) is 0 Å². The maximum atomic E-state index is 10.9. The summed E-state index contributed by atoms with van der Waals surface area (Å²) in [7, 11) is 0. The molecule has 1 aromatic rings. The van der Waals surface area contributed by atoms with Gasteiger partial charge >= 0.3 is 0 Å². The van der Waals surface area contributed by atoms with Crippen LogP contribution in [0.4, 0.5) is 0 Å². The zero-order valence-electron chi connectivity index (χ0n) is 6.55. The van der Waals surface area contributed by atoms with E-state index in [1.807, 2.05) is 5.43 Å². The lowest BCUT2D eigenvalue weighted by molar-refractivity contribution is 0.0953. The molecule has 0 aliphatic heterocycles. The second-order valence-corrected chi connectivity index (χ2v) is 2.39. The first-order chi connectivity index (χ1) is 5.63. The van der Waals surface area contributed by atoms with E-state index in [0.717, 1.165) is 0 Å². The lowest BCUT2D eigenvalue weighted by atomic mass is 10.2. The molecule has 0 saturated heterocycles. The summed E-state index contributed by atoms with van der Waals surface area (Å²) in [6, 6.07) is 2.73. The second-order valence-electron chi connectivity index (χ2n) is 2.39. The predicted octanol–water partition coefficient (Wildman–Crippen LogP) is -0.713. The number of aryl methyl sites for hydroxylation is 1. The summed E-state index contributed by atoms with van der Waals surface area (Å²) < 4.78 is 0. The SMILES string of the molecule is Cc1cc(C(=O)NN)cc(=O)[nH]1. The molecule has 0 saturated carbocycles. The van der Waals surface area contributed by atoms with E-state index in [1.54, 1.807) is 13.0 Å². The fourth-order valence-electron chi connectivity index (χ4n) is 0.897. The Morgan fingerprint density at radius 2 is 2.25 bits per heavy atom. The van der Waals surface area contributed by atoms with E-state index in [2.05, 4.69) is 4.98 Å². The summed E-state index contributed by atoms with van der Waals surface area (Å²) in [5, 5.41) is 0. The number of hydrazine groups is 1. The van der Waals surface area contributed by atoms with Gasteiger partial charge in [-0.15, -0.1) is 0 Å². The van der Waals surface area contributed by atoms with Crippen LogP contribution in [0.1, 0.15) is 16.1 Å². The molecule has 1 aromatic heterocycles. The average Bonchev–Trinajstić information content (AvgIpc) is 2.01. The molecule has 1 heterocycles. The number of carbonyl (C=O) groups excluding carboxylic acids is 1. The average molecular weight is 167 g/mol. The number of hydrogen-bond acceptors (Lipinski definition) is 3. The number of nitrogen functional groups attached to an aromatic ring is 1. The predicted molar refractivity (Wildman–Crippen MR) is 43.5 cm³/mol. The van der Waals surface area contributed by atoms with E-state index < -0.39 is 5.91 Å². The number of nitrogens with one attached hydrogen (secondary N) is 2. The highest BCUT2D eigenvalue weighted by atomic mass is 16.2. The van der Waals surface area contributed by atoms with Crippen molar-refractivity contribution in [3.8, 4) is 0 Å². The molecule has 12 heavy (non-hydrogen) atoms. The van der Waals surface area contributed by atoms with E-state index in [9.17, 15) is 9.59 Å². The third kappa shape index (κ3) is 1.70. The van der Waals surface area contributed by atoms with Crippen LogP contribution in [0.15, 0.2) is 16.9 Å². The molecule has 0 aliphatic carbocycles. The van der Waals surface area contributed by atoms with Crippen LogP contribution in [0.2, 0.25) is 0 Å². The first kappa shape index (κ1) is 8.48. The molecule has 4 N–H and O–H groups in total. The Hall–Kier alpha value is -1.62. The second kappa shape index (κ2) is 3.19. The summed E-state index contributed by atoms with van der Waals surface area (Å²) in [5.41, 5.74) is 2.52. The molecule has 0 aliphatic rings. The minimum Gasteiger partial charge on any atom is -0.326 e. The van der Waals surface area contributed by atoms with E-state index in [4.69, 9.17) is 5.84 Å². The minimum atomic E-state index is -0.468. The summed E-state index contributed by atoms with van der Waals surface area (Å²) in [4.78, 5) is 24.3. The van der Waals surface area contributed by atoms with Gasteiger partial charge in [-0.25, -0.2) is 5.84 Å². The normalized spacial score (nSPS) is 9.50. The lowest BCUT2D eigenvalue weighted by Gasteiger charge is -1.98. The minimum absolute atomic E-state index is 0.263. The van der Waals surface area contributed by atoms with E-state index in [-0.39, 0.29) is 11.1 Å². The number of rotatable bonds is 1. The van der Waals surface area contributed by atoms with E-state index in [1.165, 1.54) is 6.07 Å². The Morgan fingerprint density at radius 3 is 2.75 bits per heavy atom. The monoisotopic (exact) mass is 167 g/mol. The Kier molecular flexibility index (Phi) is 2.25. The zero-order valence-corrected chi connectivity index (χ0v) is 6.55. The molecule has 0 atom stereocenters. The molecule has 0 spiro atoms. The third-order valence-electron chi connectivity index (χ3n) is 1.37. The number of amides is 1. The first-order valence-electron chi connectivity index (χ1n) is 3.35. The number of aromatic amines is 1. The van der Waals surface area contributed by atoms with Crippen LogP contribution in [0.25, 0.3) is 0 Å². The molecule has 0 aromatic carbocycles. The summed E-state index contributed by atoms with van der Waals surface area (Å²) in [6.45, 7) is 1.69. The number of pyridine rings is 1. The largest absolute Gasteiger partial charge is 0.326 e. The molecule has 1 amide bonds. The van der Waals surface area contributed by atoms with Crippen molar-refractivity contribution in [1.82, 2.24) is 10.4 Å². The van der Waals surface area contributed by atoms with Gasteiger partial charge in [-0.2, -0.15) is 0 Å². The van der Waals surface area contributed by atoms with Crippen molar-refractivity contribution < 1.29 is 4.79 Å². The highest BCUT2D eigenvalue weighted by Crippen LogP contribution is 1.95. The molecular formula is C7H9N3O2. The molecule has 64 valence electrons. The number of H-pyrrole nitrogens is 1. The van der Waals surface area contributed by atoms with Crippen molar-refractivity contribution in [2.45, 2.75) is 6.92 Å². The van der Waals surface area contributed by atoms with E-state index in [0.29, 0.717) is 5.69 Å². The maximum absolute atomic E-state index is 10.9. The Balaban J connectivity index is 3.17. The molecule has 0 fully saturated rings.